The van der Waals surface area contributed by atoms with Crippen molar-refractivity contribution in [3.05, 3.63) is 59.9 Å². The second kappa shape index (κ2) is 7.94. The van der Waals surface area contributed by atoms with Gasteiger partial charge in [-0.3, -0.25) is 14.3 Å². The number of halogens is 1. The Morgan fingerprint density at radius 3 is 2.39 bits per heavy atom. The van der Waals surface area contributed by atoms with E-state index in [9.17, 15) is 22.4 Å². The van der Waals surface area contributed by atoms with E-state index in [0.29, 0.717) is 29.7 Å². The molecule has 0 aromatic heterocycles. The maximum absolute atomic E-state index is 14.0. The summed E-state index contributed by atoms with van der Waals surface area (Å²) in [4.78, 5) is 24.9. The van der Waals surface area contributed by atoms with Crippen LogP contribution in [-0.2, 0) is 14.8 Å². The lowest BCUT2D eigenvalue weighted by molar-refractivity contribution is -0.149. The number of primary amides is 1. The van der Waals surface area contributed by atoms with E-state index in [0.717, 1.165) is 38.2 Å². The summed E-state index contributed by atoms with van der Waals surface area (Å²) in [5, 5.41) is 0. The number of carbonyl (C=O) groups is 2. The number of amides is 1. The molecule has 33 heavy (non-hydrogen) atoms. The highest BCUT2D eigenvalue weighted by molar-refractivity contribution is 7.92. The zero-order chi connectivity index (χ0) is 23.4. The molecule has 4 fully saturated rings. The summed E-state index contributed by atoms with van der Waals surface area (Å²) in [5.74, 6) is 0.325. The topological polar surface area (TPSA) is 106 Å². The second-order valence-corrected chi connectivity index (χ2v) is 11.7. The molecule has 2 aromatic carbocycles. The minimum atomic E-state index is -4.12. The highest BCUT2D eigenvalue weighted by Crippen LogP contribution is 2.62. The van der Waals surface area contributed by atoms with Gasteiger partial charge in [-0.2, -0.15) is 0 Å². The average Bonchev–Trinajstić information content (AvgIpc) is 2.75. The van der Waals surface area contributed by atoms with Gasteiger partial charge in [-0.05, 0) is 80.0 Å². The molecular weight excluding hydrogens is 443 g/mol. The van der Waals surface area contributed by atoms with Crippen molar-refractivity contribution in [3.8, 4) is 0 Å². The van der Waals surface area contributed by atoms with Gasteiger partial charge in [0, 0.05) is 23.1 Å². The molecule has 1 amide bonds. The van der Waals surface area contributed by atoms with Gasteiger partial charge in [0.05, 0.1) is 0 Å². The molecule has 6 rings (SSSR count). The predicted octanol–water partition coefficient (Wildman–Crippen LogP) is 4.13. The molecule has 4 aliphatic rings. The SMILES string of the molecule is NC(=O)C12CC3CC(C1)C(CC(=O)c1cccc(NS(=O)(=O)c4ccccc4F)c1)C(C3)C2. The Balaban J connectivity index is 1.31. The van der Waals surface area contributed by atoms with E-state index < -0.39 is 20.7 Å². The van der Waals surface area contributed by atoms with E-state index in [1.807, 2.05) is 0 Å². The first-order chi connectivity index (χ1) is 15.7. The number of nitrogens with two attached hydrogens (primary N) is 1. The largest absolute Gasteiger partial charge is 0.369 e. The number of Topliss-reactive ketones (excluding diaryl/α,β-unsaturated/α-hetero) is 1. The van der Waals surface area contributed by atoms with Crippen LogP contribution in [0.25, 0.3) is 0 Å². The van der Waals surface area contributed by atoms with Crippen molar-refractivity contribution in [2.75, 3.05) is 4.72 Å². The molecule has 2 atom stereocenters. The summed E-state index contributed by atoms with van der Waals surface area (Å²) < 4.78 is 41.5. The van der Waals surface area contributed by atoms with Crippen molar-refractivity contribution in [1.29, 1.82) is 0 Å². The van der Waals surface area contributed by atoms with Gasteiger partial charge in [0.1, 0.15) is 10.7 Å². The summed E-state index contributed by atoms with van der Waals surface area (Å²) in [5.41, 5.74) is 6.00. The van der Waals surface area contributed by atoms with Crippen LogP contribution >= 0.6 is 0 Å². The first-order valence-electron chi connectivity index (χ1n) is 11.4. The number of sulfonamides is 1. The van der Waals surface area contributed by atoms with Gasteiger partial charge in [-0.15, -0.1) is 0 Å². The highest BCUT2D eigenvalue weighted by Gasteiger charge is 2.57. The van der Waals surface area contributed by atoms with Crippen molar-refractivity contribution in [2.45, 2.75) is 43.4 Å². The summed E-state index contributed by atoms with van der Waals surface area (Å²) in [6, 6.07) is 11.5. The Morgan fingerprint density at radius 1 is 1.03 bits per heavy atom. The van der Waals surface area contributed by atoms with Crippen molar-refractivity contribution in [2.24, 2.45) is 34.8 Å². The molecule has 0 aliphatic heterocycles. The van der Waals surface area contributed by atoms with Crippen LogP contribution in [-0.4, -0.2) is 20.1 Å². The van der Waals surface area contributed by atoms with Gasteiger partial charge in [-0.25, -0.2) is 12.8 Å². The summed E-state index contributed by atoms with van der Waals surface area (Å²) in [6.07, 6.45) is 4.91. The molecule has 2 unspecified atom stereocenters. The predicted molar refractivity (Wildman–Crippen MR) is 121 cm³/mol. The highest BCUT2D eigenvalue weighted by atomic mass is 32.2. The van der Waals surface area contributed by atoms with Crippen molar-refractivity contribution in [3.63, 3.8) is 0 Å². The van der Waals surface area contributed by atoms with Crippen LogP contribution in [0.1, 0.15) is 48.9 Å². The Labute approximate surface area is 192 Å². The molecule has 4 bridgehead atoms. The van der Waals surface area contributed by atoms with E-state index in [2.05, 4.69) is 4.72 Å². The first-order valence-corrected chi connectivity index (χ1v) is 12.9. The maximum Gasteiger partial charge on any atom is 0.264 e. The molecule has 0 saturated heterocycles. The van der Waals surface area contributed by atoms with E-state index >= 15 is 0 Å². The molecule has 0 heterocycles. The van der Waals surface area contributed by atoms with E-state index in [4.69, 9.17) is 5.73 Å². The number of hydrogen-bond acceptors (Lipinski definition) is 4. The minimum Gasteiger partial charge on any atom is -0.369 e. The summed E-state index contributed by atoms with van der Waals surface area (Å²) in [7, 11) is -4.12. The third-order valence-electron chi connectivity index (χ3n) is 7.98. The third kappa shape index (κ3) is 3.94. The van der Waals surface area contributed by atoms with Crippen LogP contribution < -0.4 is 10.5 Å². The number of ketones is 1. The normalized spacial score (nSPS) is 30.2. The number of benzene rings is 2. The minimum absolute atomic E-state index is 0.0486. The third-order valence-corrected chi connectivity index (χ3v) is 9.39. The van der Waals surface area contributed by atoms with Gasteiger partial charge < -0.3 is 5.73 Å². The number of rotatable bonds is 7. The molecule has 8 heteroatoms. The van der Waals surface area contributed by atoms with Crippen molar-refractivity contribution >= 4 is 27.4 Å². The molecular formula is C25H27FN2O4S. The fourth-order valence-corrected chi connectivity index (χ4v) is 7.86. The monoisotopic (exact) mass is 470 g/mol. The Kier molecular flexibility index (Phi) is 5.31. The lowest BCUT2D eigenvalue weighted by atomic mass is 9.45. The van der Waals surface area contributed by atoms with Crippen LogP contribution in [0.15, 0.2) is 53.4 Å². The first kappa shape index (κ1) is 22.1. The van der Waals surface area contributed by atoms with E-state index in [1.54, 1.807) is 12.1 Å². The Bertz CT molecular complexity index is 1210. The van der Waals surface area contributed by atoms with Crippen LogP contribution in [0.2, 0.25) is 0 Å². The molecule has 0 spiro atoms. The number of nitrogens with one attached hydrogen (secondary N) is 1. The Hall–Kier alpha value is -2.74. The zero-order valence-electron chi connectivity index (χ0n) is 18.2. The lowest BCUT2D eigenvalue weighted by Gasteiger charge is -2.59. The second-order valence-electron chi connectivity index (χ2n) is 10.0. The van der Waals surface area contributed by atoms with Crippen LogP contribution in [0, 0.1) is 34.9 Å². The number of anilines is 1. The van der Waals surface area contributed by atoms with Gasteiger partial charge >= 0.3 is 0 Å². The molecule has 2 aromatic rings. The fraction of sp³-hybridized carbons (Fsp3) is 0.440. The van der Waals surface area contributed by atoms with Crippen molar-refractivity contribution < 1.29 is 22.4 Å². The molecule has 174 valence electrons. The van der Waals surface area contributed by atoms with Crippen molar-refractivity contribution in [1.82, 2.24) is 0 Å². The summed E-state index contributed by atoms with van der Waals surface area (Å²) in [6.45, 7) is 0. The summed E-state index contributed by atoms with van der Waals surface area (Å²) >= 11 is 0. The van der Waals surface area contributed by atoms with Gasteiger partial charge in [0.15, 0.2) is 5.78 Å². The van der Waals surface area contributed by atoms with Crippen LogP contribution in [0.3, 0.4) is 0 Å². The quantitative estimate of drug-likeness (QED) is 0.594. The molecule has 4 saturated carbocycles. The standard InChI is InChI=1S/C25H27FN2O4S/c26-21-6-1-2-7-23(21)33(31,32)28-19-5-3-4-16(10-19)22(29)11-20-17-8-15-9-18(20)14-25(12-15,13-17)24(27)30/h1-7,10,15,17-18,20,28H,8-9,11-14H2,(H2,27,30). The molecule has 0 radical (unpaired) electrons. The van der Waals surface area contributed by atoms with Gasteiger partial charge in [0.25, 0.3) is 10.0 Å². The van der Waals surface area contributed by atoms with E-state index in [1.165, 1.54) is 30.3 Å². The maximum atomic E-state index is 14.0. The number of hydrogen-bond donors (Lipinski definition) is 2. The molecule has 4 aliphatic carbocycles. The zero-order valence-corrected chi connectivity index (χ0v) is 19.0. The van der Waals surface area contributed by atoms with Gasteiger partial charge in [0.2, 0.25) is 5.91 Å². The average molecular weight is 471 g/mol. The van der Waals surface area contributed by atoms with Crippen LogP contribution in [0.4, 0.5) is 10.1 Å². The smallest absolute Gasteiger partial charge is 0.264 e. The Morgan fingerprint density at radius 2 is 1.73 bits per heavy atom. The number of carbonyl (C=O) groups excluding carboxylic acids is 2. The molecule has 3 N–H and O–H groups in total. The van der Waals surface area contributed by atoms with Gasteiger partial charge in [-0.1, -0.05) is 24.3 Å². The molecule has 6 nitrogen and oxygen atoms in total. The fourth-order valence-electron chi connectivity index (χ4n) is 6.73. The van der Waals surface area contributed by atoms with Crippen LogP contribution in [0.5, 0.6) is 0 Å². The lowest BCUT2D eigenvalue weighted by Crippen LogP contribution is -2.56. The van der Waals surface area contributed by atoms with E-state index in [-0.39, 0.29) is 28.7 Å².